The molecule has 25 heavy (non-hydrogen) atoms. The summed E-state index contributed by atoms with van der Waals surface area (Å²) >= 11 is 6.12. The van der Waals surface area contributed by atoms with Crippen LogP contribution < -0.4 is 4.74 Å². The van der Waals surface area contributed by atoms with E-state index in [0.717, 1.165) is 0 Å². The van der Waals surface area contributed by atoms with Crippen molar-refractivity contribution in [1.82, 2.24) is 15.0 Å². The fourth-order valence-electron chi connectivity index (χ4n) is 2.13. The number of benzene rings is 2. The van der Waals surface area contributed by atoms with Crippen LogP contribution in [0.1, 0.15) is 5.89 Å². The van der Waals surface area contributed by atoms with E-state index in [2.05, 4.69) is 10.1 Å². The van der Waals surface area contributed by atoms with Crippen molar-refractivity contribution in [3.8, 4) is 17.1 Å². The number of carbonyl (C=O) groups excluding carboxylic acids is 1. The monoisotopic (exact) mass is 357 g/mol. The highest BCUT2D eigenvalue weighted by molar-refractivity contribution is 6.33. The maximum atomic E-state index is 12.1. The van der Waals surface area contributed by atoms with Crippen LogP contribution in [-0.2, 0) is 11.3 Å². The van der Waals surface area contributed by atoms with Gasteiger partial charge in [0.25, 0.3) is 5.91 Å². The van der Waals surface area contributed by atoms with E-state index in [1.54, 1.807) is 31.3 Å². The molecule has 0 radical (unpaired) electrons. The molecule has 2 aromatic carbocycles. The van der Waals surface area contributed by atoms with Gasteiger partial charge >= 0.3 is 0 Å². The van der Waals surface area contributed by atoms with Crippen molar-refractivity contribution in [1.29, 1.82) is 0 Å². The van der Waals surface area contributed by atoms with E-state index in [-0.39, 0.29) is 19.1 Å². The fourth-order valence-corrected chi connectivity index (χ4v) is 2.35. The molecule has 128 valence electrons. The summed E-state index contributed by atoms with van der Waals surface area (Å²) in [5, 5.41) is 4.45. The second kappa shape index (κ2) is 7.81. The molecule has 3 rings (SSSR count). The Labute approximate surface area is 150 Å². The van der Waals surface area contributed by atoms with Crippen LogP contribution in [0.3, 0.4) is 0 Å². The molecular weight excluding hydrogens is 342 g/mol. The molecule has 3 aromatic rings. The van der Waals surface area contributed by atoms with Crippen molar-refractivity contribution >= 4 is 17.5 Å². The molecule has 0 bridgehead atoms. The lowest BCUT2D eigenvalue weighted by atomic mass is 10.2. The Morgan fingerprint density at radius 3 is 2.64 bits per heavy atom. The van der Waals surface area contributed by atoms with E-state index >= 15 is 0 Å². The minimum atomic E-state index is -0.193. The largest absolute Gasteiger partial charge is 0.484 e. The summed E-state index contributed by atoms with van der Waals surface area (Å²) in [5.41, 5.74) is 0.681. The number of halogens is 1. The Hall–Kier alpha value is -2.86. The molecule has 6 nitrogen and oxygen atoms in total. The van der Waals surface area contributed by atoms with Crippen LogP contribution in [0, 0.1) is 0 Å². The van der Waals surface area contributed by atoms with E-state index in [1.807, 2.05) is 30.3 Å². The number of ether oxygens (including phenoxy) is 1. The maximum Gasteiger partial charge on any atom is 0.260 e. The van der Waals surface area contributed by atoms with Gasteiger partial charge in [-0.3, -0.25) is 4.79 Å². The molecule has 1 heterocycles. The van der Waals surface area contributed by atoms with Gasteiger partial charge in [-0.1, -0.05) is 47.1 Å². The summed E-state index contributed by atoms with van der Waals surface area (Å²) in [7, 11) is 1.65. The van der Waals surface area contributed by atoms with E-state index in [4.69, 9.17) is 20.9 Å². The Bertz CT molecular complexity index is 852. The highest BCUT2D eigenvalue weighted by atomic mass is 35.5. The molecule has 0 unspecified atom stereocenters. The highest BCUT2D eigenvalue weighted by Gasteiger charge is 2.16. The normalized spacial score (nSPS) is 10.5. The second-order valence-electron chi connectivity index (χ2n) is 5.34. The predicted octanol–water partition coefficient (Wildman–Crippen LogP) is 3.43. The molecule has 0 aliphatic carbocycles. The van der Waals surface area contributed by atoms with Gasteiger partial charge < -0.3 is 14.2 Å². The summed E-state index contributed by atoms with van der Waals surface area (Å²) < 4.78 is 10.6. The van der Waals surface area contributed by atoms with Crippen molar-refractivity contribution < 1.29 is 14.1 Å². The van der Waals surface area contributed by atoms with Gasteiger partial charge in [0.2, 0.25) is 11.7 Å². The number of likely N-dealkylation sites (N-methyl/N-ethyl adjacent to an activating group) is 1. The fraction of sp³-hybridized carbons (Fsp3) is 0.167. The van der Waals surface area contributed by atoms with Gasteiger partial charge in [-0.25, -0.2) is 0 Å². The number of hydrogen-bond donors (Lipinski definition) is 0. The van der Waals surface area contributed by atoms with Gasteiger partial charge in [-0.2, -0.15) is 4.98 Å². The maximum absolute atomic E-state index is 12.1. The molecular formula is C18H16ClN3O3. The molecule has 0 spiro atoms. The number of amides is 1. The van der Waals surface area contributed by atoms with Gasteiger partial charge in [-0.15, -0.1) is 0 Å². The topological polar surface area (TPSA) is 68.5 Å². The molecule has 0 N–H and O–H groups in total. The molecule has 1 aromatic heterocycles. The van der Waals surface area contributed by atoms with Crippen LogP contribution >= 0.6 is 11.6 Å². The van der Waals surface area contributed by atoms with Crippen molar-refractivity contribution in [3.05, 3.63) is 65.5 Å². The van der Waals surface area contributed by atoms with E-state index in [1.165, 1.54) is 4.90 Å². The summed E-state index contributed by atoms with van der Waals surface area (Å²) in [6, 6.07) is 16.4. The van der Waals surface area contributed by atoms with Crippen LogP contribution in [0.2, 0.25) is 5.02 Å². The summed E-state index contributed by atoms with van der Waals surface area (Å²) in [6.07, 6.45) is 0. The van der Waals surface area contributed by atoms with E-state index < -0.39 is 0 Å². The van der Waals surface area contributed by atoms with Crippen molar-refractivity contribution in [2.24, 2.45) is 0 Å². The van der Waals surface area contributed by atoms with Gasteiger partial charge in [0.1, 0.15) is 5.75 Å². The number of carbonyl (C=O) groups is 1. The minimum Gasteiger partial charge on any atom is -0.484 e. The lowest BCUT2D eigenvalue weighted by Gasteiger charge is -2.15. The number of hydrogen-bond acceptors (Lipinski definition) is 5. The number of rotatable bonds is 6. The predicted molar refractivity (Wildman–Crippen MR) is 93.2 cm³/mol. The zero-order valence-corrected chi connectivity index (χ0v) is 14.3. The van der Waals surface area contributed by atoms with Gasteiger partial charge in [0.15, 0.2) is 6.61 Å². The molecule has 0 atom stereocenters. The first-order valence-electron chi connectivity index (χ1n) is 7.63. The second-order valence-corrected chi connectivity index (χ2v) is 5.75. The van der Waals surface area contributed by atoms with Crippen LogP contribution in [0.4, 0.5) is 0 Å². The third kappa shape index (κ3) is 4.36. The molecule has 0 aliphatic rings. The molecule has 7 heteroatoms. The van der Waals surface area contributed by atoms with Crippen molar-refractivity contribution in [2.45, 2.75) is 6.54 Å². The summed E-state index contributed by atoms with van der Waals surface area (Å²) in [5.74, 6) is 1.16. The molecule has 0 fully saturated rings. The van der Waals surface area contributed by atoms with Gasteiger partial charge in [0.05, 0.1) is 11.6 Å². The number of aromatic nitrogens is 2. The quantitative estimate of drug-likeness (QED) is 0.676. The van der Waals surface area contributed by atoms with Crippen LogP contribution in [-0.4, -0.2) is 34.6 Å². The summed E-state index contributed by atoms with van der Waals surface area (Å²) in [6.45, 7) is 0.125. The number of nitrogens with zero attached hydrogens (tertiary/aromatic N) is 3. The van der Waals surface area contributed by atoms with Gasteiger partial charge in [-0.05, 0) is 24.3 Å². The first-order chi connectivity index (χ1) is 12.1. The average Bonchev–Trinajstić information content (AvgIpc) is 3.09. The SMILES string of the molecule is CN(Cc1nc(-c2ccccc2Cl)no1)C(=O)COc1ccccc1. The Balaban J connectivity index is 1.59. The smallest absolute Gasteiger partial charge is 0.260 e. The number of para-hydroxylation sites is 1. The zero-order chi connectivity index (χ0) is 17.6. The lowest BCUT2D eigenvalue weighted by Crippen LogP contribution is -2.31. The Morgan fingerprint density at radius 1 is 1.16 bits per heavy atom. The van der Waals surface area contributed by atoms with E-state index in [9.17, 15) is 4.79 Å². The third-order valence-electron chi connectivity index (χ3n) is 3.49. The van der Waals surface area contributed by atoms with Crippen LogP contribution in [0.25, 0.3) is 11.4 Å². The third-order valence-corrected chi connectivity index (χ3v) is 3.82. The first-order valence-corrected chi connectivity index (χ1v) is 8.00. The lowest BCUT2D eigenvalue weighted by molar-refractivity contribution is -0.132. The average molecular weight is 358 g/mol. The Morgan fingerprint density at radius 2 is 1.88 bits per heavy atom. The minimum absolute atomic E-state index is 0.0635. The standard InChI is InChI=1S/C18H16ClN3O3/c1-22(17(23)12-24-13-7-3-2-4-8-13)11-16-20-18(21-25-16)14-9-5-6-10-15(14)19/h2-10H,11-12H2,1H3. The van der Waals surface area contributed by atoms with Crippen LogP contribution in [0.15, 0.2) is 59.1 Å². The molecule has 0 saturated heterocycles. The zero-order valence-electron chi connectivity index (χ0n) is 13.6. The first kappa shape index (κ1) is 17.0. The molecule has 0 saturated carbocycles. The van der Waals surface area contributed by atoms with E-state index in [0.29, 0.717) is 28.1 Å². The molecule has 1 amide bonds. The van der Waals surface area contributed by atoms with Crippen molar-refractivity contribution in [3.63, 3.8) is 0 Å². The van der Waals surface area contributed by atoms with Gasteiger partial charge in [0, 0.05) is 12.6 Å². The van der Waals surface area contributed by atoms with Crippen molar-refractivity contribution in [2.75, 3.05) is 13.7 Å². The highest BCUT2D eigenvalue weighted by Crippen LogP contribution is 2.25. The van der Waals surface area contributed by atoms with Crippen LogP contribution in [0.5, 0.6) is 5.75 Å². The Kier molecular flexibility index (Phi) is 5.30. The summed E-state index contributed by atoms with van der Waals surface area (Å²) in [4.78, 5) is 17.9. The molecule has 0 aliphatic heterocycles.